The Morgan fingerprint density at radius 3 is 2.00 bits per heavy atom. The molecule has 1 aromatic carbocycles. The minimum absolute atomic E-state index is 0.0537. The zero-order chi connectivity index (χ0) is 12.5. The van der Waals surface area contributed by atoms with Crippen LogP contribution in [0.15, 0.2) is 11.6 Å². The second-order valence-electron chi connectivity index (χ2n) is 3.01. The Bertz CT molecular complexity index is 454. The summed E-state index contributed by atoms with van der Waals surface area (Å²) in [6.07, 6.45) is 0.527. The van der Waals surface area contributed by atoms with Crippen molar-refractivity contribution in [3.05, 3.63) is 40.5 Å². The third-order valence-electron chi connectivity index (χ3n) is 1.84. The largest absolute Gasteiger partial charge is 0.478 e. The zero-order valence-electron chi connectivity index (χ0n) is 8.02. The molecule has 1 rings (SSSR count). The first-order chi connectivity index (χ1) is 7.34. The normalized spacial score (nSPS) is 11.7. The molecule has 0 aliphatic rings. The van der Waals surface area contributed by atoms with Crippen LogP contribution in [-0.4, -0.2) is 11.1 Å². The molecule has 2 nitrogen and oxygen atoms in total. The fourth-order valence-corrected chi connectivity index (χ4v) is 0.997. The molecule has 0 radical (unpaired) electrons. The van der Waals surface area contributed by atoms with Gasteiger partial charge in [0.25, 0.3) is 0 Å². The van der Waals surface area contributed by atoms with Crippen molar-refractivity contribution in [2.75, 3.05) is 0 Å². The van der Waals surface area contributed by atoms with Gasteiger partial charge in [-0.05, 0) is 13.0 Å². The summed E-state index contributed by atoms with van der Waals surface area (Å²) in [7, 11) is 0. The van der Waals surface area contributed by atoms with Gasteiger partial charge in [-0.2, -0.15) is 0 Å². The number of halogens is 4. The topological polar surface area (TPSA) is 37.3 Å². The van der Waals surface area contributed by atoms with Gasteiger partial charge in [-0.25, -0.2) is 22.4 Å². The van der Waals surface area contributed by atoms with Crippen LogP contribution in [0.1, 0.15) is 12.5 Å². The molecule has 0 spiro atoms. The lowest BCUT2D eigenvalue weighted by Crippen LogP contribution is -2.01. The second kappa shape index (κ2) is 4.34. The zero-order valence-corrected chi connectivity index (χ0v) is 8.02. The average Bonchev–Trinajstić information content (AvgIpc) is 2.21. The van der Waals surface area contributed by atoms with E-state index in [1.165, 1.54) is 0 Å². The fraction of sp³-hybridized carbons (Fsp3) is 0.100. The molecule has 1 aromatic rings. The summed E-state index contributed by atoms with van der Waals surface area (Å²) >= 11 is 0. The highest BCUT2D eigenvalue weighted by molar-refractivity contribution is 5.91. The Balaban J connectivity index is 3.44. The number of carboxylic acid groups (broad SMARTS) is 1. The summed E-state index contributed by atoms with van der Waals surface area (Å²) in [6, 6.07) is 0.0537. The van der Waals surface area contributed by atoms with Crippen LogP contribution in [0.5, 0.6) is 0 Å². The van der Waals surface area contributed by atoms with Crippen LogP contribution < -0.4 is 0 Å². The molecule has 0 bridgehead atoms. The van der Waals surface area contributed by atoms with Gasteiger partial charge in [0.05, 0.1) is 5.56 Å². The first-order valence-electron chi connectivity index (χ1n) is 4.09. The third-order valence-corrected chi connectivity index (χ3v) is 1.84. The molecule has 0 unspecified atom stereocenters. The molecule has 0 saturated carbocycles. The van der Waals surface area contributed by atoms with Gasteiger partial charge in [-0.3, -0.25) is 0 Å². The van der Waals surface area contributed by atoms with Gasteiger partial charge < -0.3 is 5.11 Å². The highest BCUT2D eigenvalue weighted by Gasteiger charge is 2.18. The van der Waals surface area contributed by atoms with E-state index >= 15 is 0 Å². The summed E-state index contributed by atoms with van der Waals surface area (Å²) in [5.41, 5.74) is -1.49. The number of hydrogen-bond donors (Lipinski definition) is 1. The summed E-state index contributed by atoms with van der Waals surface area (Å²) in [5, 5.41) is 8.46. The van der Waals surface area contributed by atoms with Crippen molar-refractivity contribution in [2.45, 2.75) is 6.92 Å². The predicted octanol–water partition coefficient (Wildman–Crippen LogP) is 2.73. The Hall–Kier alpha value is -1.85. The lowest BCUT2D eigenvalue weighted by atomic mass is 10.1. The standard InChI is InChI=1S/C10H6F4O2/c1-4(10(15)16)2-5-8(13)6(11)3-7(12)9(5)14/h2-3H,1H3,(H,15,16)/b4-2+. The van der Waals surface area contributed by atoms with E-state index in [2.05, 4.69) is 0 Å². The molecule has 0 aliphatic carbocycles. The van der Waals surface area contributed by atoms with E-state index in [0.29, 0.717) is 6.08 Å². The Labute approximate surface area is 87.8 Å². The van der Waals surface area contributed by atoms with Crippen molar-refractivity contribution >= 4 is 12.0 Å². The van der Waals surface area contributed by atoms with Crippen molar-refractivity contribution in [2.24, 2.45) is 0 Å². The van der Waals surface area contributed by atoms with Crippen LogP contribution in [0.3, 0.4) is 0 Å². The number of carbonyl (C=O) groups is 1. The summed E-state index contributed by atoms with van der Waals surface area (Å²) < 4.78 is 51.5. The molecule has 0 aliphatic heterocycles. The van der Waals surface area contributed by atoms with Crippen molar-refractivity contribution in [1.82, 2.24) is 0 Å². The maximum absolute atomic E-state index is 13.0. The van der Waals surface area contributed by atoms with E-state index in [1.807, 2.05) is 0 Å². The maximum atomic E-state index is 13.0. The van der Waals surface area contributed by atoms with E-state index in [1.54, 1.807) is 0 Å². The van der Waals surface area contributed by atoms with E-state index in [4.69, 9.17) is 5.11 Å². The van der Waals surface area contributed by atoms with Gasteiger partial charge in [0.2, 0.25) is 0 Å². The van der Waals surface area contributed by atoms with Crippen LogP contribution in [0, 0.1) is 23.3 Å². The average molecular weight is 234 g/mol. The summed E-state index contributed by atoms with van der Waals surface area (Å²) in [6.45, 7) is 1.05. The number of aliphatic carboxylic acids is 1. The van der Waals surface area contributed by atoms with E-state index < -0.39 is 40.4 Å². The maximum Gasteiger partial charge on any atom is 0.331 e. The van der Waals surface area contributed by atoms with Crippen LogP contribution in [0.2, 0.25) is 0 Å². The molecule has 86 valence electrons. The fourth-order valence-electron chi connectivity index (χ4n) is 0.997. The highest BCUT2D eigenvalue weighted by atomic mass is 19.2. The molecular formula is C10H6F4O2. The van der Waals surface area contributed by atoms with Gasteiger partial charge in [-0.1, -0.05) is 0 Å². The lowest BCUT2D eigenvalue weighted by molar-refractivity contribution is -0.132. The van der Waals surface area contributed by atoms with Crippen molar-refractivity contribution < 1.29 is 27.5 Å². The molecule has 6 heteroatoms. The van der Waals surface area contributed by atoms with Crippen LogP contribution >= 0.6 is 0 Å². The van der Waals surface area contributed by atoms with Gasteiger partial charge in [0, 0.05) is 11.6 Å². The smallest absolute Gasteiger partial charge is 0.331 e. The van der Waals surface area contributed by atoms with Gasteiger partial charge in [-0.15, -0.1) is 0 Å². The molecule has 0 heterocycles. The highest BCUT2D eigenvalue weighted by Crippen LogP contribution is 2.21. The lowest BCUT2D eigenvalue weighted by Gasteiger charge is -2.03. The number of hydrogen-bond acceptors (Lipinski definition) is 1. The minimum Gasteiger partial charge on any atom is -0.478 e. The van der Waals surface area contributed by atoms with E-state index in [-0.39, 0.29) is 6.07 Å². The molecule has 0 fully saturated rings. The Morgan fingerprint density at radius 2 is 1.62 bits per heavy atom. The van der Waals surface area contributed by atoms with Gasteiger partial charge in [0.1, 0.15) is 0 Å². The summed E-state index contributed by atoms with van der Waals surface area (Å²) in [4.78, 5) is 10.4. The summed E-state index contributed by atoms with van der Waals surface area (Å²) in [5.74, 6) is -7.85. The molecule has 1 N–H and O–H groups in total. The molecule has 0 atom stereocenters. The molecule has 0 aromatic heterocycles. The van der Waals surface area contributed by atoms with E-state index in [9.17, 15) is 22.4 Å². The molecule has 16 heavy (non-hydrogen) atoms. The number of rotatable bonds is 2. The molecule has 0 amide bonds. The quantitative estimate of drug-likeness (QED) is 0.485. The van der Waals surface area contributed by atoms with Gasteiger partial charge in [0.15, 0.2) is 23.3 Å². The monoisotopic (exact) mass is 234 g/mol. The van der Waals surface area contributed by atoms with Crippen molar-refractivity contribution in [3.63, 3.8) is 0 Å². The third kappa shape index (κ3) is 2.21. The Kier molecular flexibility index (Phi) is 3.31. The Morgan fingerprint density at radius 1 is 1.19 bits per heavy atom. The molecular weight excluding hydrogens is 228 g/mol. The predicted molar refractivity (Wildman–Crippen MR) is 47.6 cm³/mol. The van der Waals surface area contributed by atoms with E-state index in [0.717, 1.165) is 6.92 Å². The van der Waals surface area contributed by atoms with Crippen LogP contribution in [0.25, 0.3) is 6.08 Å². The number of carboxylic acids is 1. The minimum atomic E-state index is -1.63. The SMILES string of the molecule is C/C(=C\c1c(F)c(F)cc(F)c1F)C(=O)O. The molecule has 0 saturated heterocycles. The van der Waals surface area contributed by atoms with Gasteiger partial charge >= 0.3 is 5.97 Å². The van der Waals surface area contributed by atoms with Crippen molar-refractivity contribution in [3.8, 4) is 0 Å². The van der Waals surface area contributed by atoms with Crippen LogP contribution in [-0.2, 0) is 4.79 Å². The number of benzene rings is 1. The van der Waals surface area contributed by atoms with Crippen molar-refractivity contribution in [1.29, 1.82) is 0 Å². The second-order valence-corrected chi connectivity index (χ2v) is 3.01. The first-order valence-corrected chi connectivity index (χ1v) is 4.09. The first kappa shape index (κ1) is 12.2. The van der Waals surface area contributed by atoms with Crippen LogP contribution in [0.4, 0.5) is 17.6 Å².